The highest BCUT2D eigenvalue weighted by molar-refractivity contribution is 6.05. The number of rotatable bonds is 4. The van der Waals surface area contributed by atoms with Gasteiger partial charge in [0.25, 0.3) is 0 Å². The summed E-state index contributed by atoms with van der Waals surface area (Å²) in [5, 5.41) is 0. The highest BCUT2D eigenvalue weighted by Gasteiger charge is 2.55. The fraction of sp³-hybridized carbons (Fsp3) is 0.526. The van der Waals surface area contributed by atoms with Crippen LogP contribution in [0.1, 0.15) is 12.0 Å². The molecule has 9 heteroatoms. The lowest BCUT2D eigenvalue weighted by Crippen LogP contribution is -2.45. The largest absolute Gasteiger partial charge is 0.406 e. The van der Waals surface area contributed by atoms with Crippen molar-refractivity contribution in [1.82, 2.24) is 14.7 Å². The maximum Gasteiger partial charge on any atom is 0.406 e. The minimum absolute atomic E-state index is 0.0386. The molecule has 3 saturated heterocycles. The van der Waals surface area contributed by atoms with E-state index in [0.717, 1.165) is 10.5 Å². The van der Waals surface area contributed by atoms with E-state index < -0.39 is 36.5 Å². The number of halogens is 3. The molecule has 3 amide bonds. The Kier molecular flexibility index (Phi) is 4.65. The van der Waals surface area contributed by atoms with Gasteiger partial charge in [0.05, 0.1) is 24.4 Å². The van der Waals surface area contributed by atoms with Crippen LogP contribution < -0.4 is 0 Å². The van der Waals surface area contributed by atoms with Crippen LogP contribution in [0.5, 0.6) is 0 Å². The number of hydrogen-bond acceptors (Lipinski definition) is 4. The van der Waals surface area contributed by atoms with Gasteiger partial charge in [-0.1, -0.05) is 30.3 Å². The third kappa shape index (κ3) is 3.39. The lowest BCUT2D eigenvalue weighted by Gasteiger charge is -2.25. The van der Waals surface area contributed by atoms with Gasteiger partial charge < -0.3 is 4.90 Å². The Hall–Kier alpha value is -2.42. The molecule has 1 aromatic carbocycles. The Balaban J connectivity index is 1.41. The first kappa shape index (κ1) is 18.9. The van der Waals surface area contributed by atoms with Crippen molar-refractivity contribution in [3.63, 3.8) is 0 Å². The molecular weight excluding hydrogens is 375 g/mol. The van der Waals surface area contributed by atoms with Crippen molar-refractivity contribution in [3.05, 3.63) is 35.9 Å². The average molecular weight is 395 g/mol. The zero-order valence-corrected chi connectivity index (χ0v) is 15.1. The fourth-order valence-electron chi connectivity index (χ4n) is 4.45. The molecule has 0 aromatic heterocycles. The number of amides is 3. The topological polar surface area (TPSA) is 60.9 Å². The van der Waals surface area contributed by atoms with Gasteiger partial charge in [-0.15, -0.1) is 0 Å². The quantitative estimate of drug-likeness (QED) is 0.721. The molecule has 3 atom stereocenters. The Bertz CT molecular complexity index is 775. The molecular formula is C19H20F3N3O3. The number of alkyl halides is 3. The van der Waals surface area contributed by atoms with Gasteiger partial charge in [-0.25, -0.2) is 0 Å². The van der Waals surface area contributed by atoms with E-state index in [1.807, 2.05) is 30.3 Å². The summed E-state index contributed by atoms with van der Waals surface area (Å²) >= 11 is 0. The summed E-state index contributed by atoms with van der Waals surface area (Å²) in [6.07, 6.45) is -4.15. The first-order chi connectivity index (χ1) is 13.2. The summed E-state index contributed by atoms with van der Waals surface area (Å²) in [4.78, 5) is 41.6. The molecule has 28 heavy (non-hydrogen) atoms. The second kappa shape index (κ2) is 6.88. The summed E-state index contributed by atoms with van der Waals surface area (Å²) in [7, 11) is 0. The maximum atomic E-state index is 12.7. The van der Waals surface area contributed by atoms with Crippen LogP contribution in [0.4, 0.5) is 13.2 Å². The van der Waals surface area contributed by atoms with Gasteiger partial charge in [-0.05, 0) is 12.0 Å². The molecule has 3 fully saturated rings. The van der Waals surface area contributed by atoms with Crippen LogP contribution in [0.15, 0.2) is 30.3 Å². The van der Waals surface area contributed by atoms with Crippen LogP contribution >= 0.6 is 0 Å². The summed E-state index contributed by atoms with van der Waals surface area (Å²) in [5.74, 6) is -2.16. The zero-order valence-electron chi connectivity index (χ0n) is 15.1. The molecule has 0 radical (unpaired) electrons. The molecule has 3 aliphatic heterocycles. The van der Waals surface area contributed by atoms with Gasteiger partial charge in [-0.2, -0.15) is 13.2 Å². The Morgan fingerprint density at radius 3 is 2.11 bits per heavy atom. The summed E-state index contributed by atoms with van der Waals surface area (Å²) in [6, 6.07) is 8.52. The van der Waals surface area contributed by atoms with Crippen LogP contribution in [-0.4, -0.2) is 70.8 Å². The molecule has 0 bridgehead atoms. The molecule has 3 aliphatic rings. The van der Waals surface area contributed by atoms with E-state index in [2.05, 4.69) is 0 Å². The molecule has 0 N–H and O–H groups in total. The zero-order chi connectivity index (χ0) is 20.1. The van der Waals surface area contributed by atoms with E-state index in [9.17, 15) is 27.6 Å². The number of likely N-dealkylation sites (tertiary alicyclic amines) is 3. The number of imide groups is 1. The van der Waals surface area contributed by atoms with E-state index in [1.165, 1.54) is 4.90 Å². The molecule has 3 unspecified atom stereocenters. The van der Waals surface area contributed by atoms with Crippen LogP contribution in [-0.2, 0) is 20.9 Å². The standard InChI is InChI=1S/C19H20F3N3O3/c20-19(21,22)11-23-7-6-15(18(23)28)24-9-13-14(10-24)17(27)25(16(13)26)8-12-4-2-1-3-5-12/h1-5,13-15H,6-11H2. The molecule has 150 valence electrons. The predicted octanol–water partition coefficient (Wildman–Crippen LogP) is 1.27. The van der Waals surface area contributed by atoms with Gasteiger partial charge in [0.2, 0.25) is 17.7 Å². The molecule has 4 rings (SSSR count). The van der Waals surface area contributed by atoms with Gasteiger partial charge >= 0.3 is 6.18 Å². The number of carbonyl (C=O) groups is 3. The second-order valence-electron chi connectivity index (χ2n) is 7.59. The molecule has 3 heterocycles. The van der Waals surface area contributed by atoms with Gasteiger partial charge in [0.15, 0.2) is 0 Å². The monoisotopic (exact) mass is 395 g/mol. The highest BCUT2D eigenvalue weighted by atomic mass is 19.4. The average Bonchev–Trinajstić information content (AvgIpc) is 3.27. The first-order valence-corrected chi connectivity index (χ1v) is 9.23. The van der Waals surface area contributed by atoms with Crippen LogP contribution in [0.25, 0.3) is 0 Å². The summed E-state index contributed by atoms with van der Waals surface area (Å²) in [6.45, 7) is -0.538. The molecule has 0 aliphatic carbocycles. The van der Waals surface area contributed by atoms with Gasteiger partial charge in [0, 0.05) is 19.6 Å². The van der Waals surface area contributed by atoms with Gasteiger partial charge in [-0.3, -0.25) is 24.2 Å². The number of hydrogen-bond donors (Lipinski definition) is 0. The minimum atomic E-state index is -4.43. The normalized spacial score (nSPS) is 28.5. The van der Waals surface area contributed by atoms with E-state index in [-0.39, 0.29) is 44.4 Å². The number of nitrogens with zero attached hydrogens (tertiary/aromatic N) is 3. The van der Waals surface area contributed by atoms with Crippen LogP contribution in [0.3, 0.4) is 0 Å². The van der Waals surface area contributed by atoms with Crippen molar-refractivity contribution < 1.29 is 27.6 Å². The van der Waals surface area contributed by atoms with Crippen molar-refractivity contribution >= 4 is 17.7 Å². The maximum absolute atomic E-state index is 12.7. The van der Waals surface area contributed by atoms with Crippen molar-refractivity contribution in [2.45, 2.75) is 25.2 Å². The SMILES string of the molecule is O=C1C(N2CC3C(=O)N(Cc4ccccc4)C(=O)C3C2)CCN1CC(F)(F)F. The smallest absolute Gasteiger partial charge is 0.332 e. The first-order valence-electron chi connectivity index (χ1n) is 9.23. The number of fused-ring (bicyclic) bond motifs is 1. The van der Waals surface area contributed by atoms with E-state index in [0.29, 0.717) is 0 Å². The fourth-order valence-corrected chi connectivity index (χ4v) is 4.45. The molecule has 0 saturated carbocycles. The lowest BCUT2D eigenvalue weighted by molar-refractivity contribution is -0.159. The van der Waals surface area contributed by atoms with Crippen molar-refractivity contribution in [1.29, 1.82) is 0 Å². The summed E-state index contributed by atoms with van der Waals surface area (Å²) < 4.78 is 37.8. The summed E-state index contributed by atoms with van der Waals surface area (Å²) in [5.41, 5.74) is 0.856. The van der Waals surface area contributed by atoms with E-state index >= 15 is 0 Å². The Morgan fingerprint density at radius 2 is 1.54 bits per heavy atom. The predicted molar refractivity (Wildman–Crippen MR) is 91.6 cm³/mol. The van der Waals surface area contributed by atoms with Crippen molar-refractivity contribution in [3.8, 4) is 0 Å². The Labute approximate surface area is 159 Å². The lowest BCUT2D eigenvalue weighted by atomic mass is 10.00. The molecule has 6 nitrogen and oxygen atoms in total. The molecule has 1 aromatic rings. The number of benzene rings is 1. The second-order valence-corrected chi connectivity index (χ2v) is 7.59. The highest BCUT2D eigenvalue weighted by Crippen LogP contribution is 2.37. The number of carbonyl (C=O) groups excluding carboxylic acids is 3. The van der Waals surface area contributed by atoms with Crippen LogP contribution in [0, 0.1) is 11.8 Å². The van der Waals surface area contributed by atoms with Crippen molar-refractivity contribution in [2.75, 3.05) is 26.2 Å². The third-order valence-corrected chi connectivity index (χ3v) is 5.78. The molecule has 0 spiro atoms. The Morgan fingerprint density at radius 1 is 0.929 bits per heavy atom. The van der Waals surface area contributed by atoms with Crippen molar-refractivity contribution in [2.24, 2.45) is 11.8 Å². The van der Waals surface area contributed by atoms with Gasteiger partial charge in [0.1, 0.15) is 6.54 Å². The minimum Gasteiger partial charge on any atom is -0.332 e. The van der Waals surface area contributed by atoms with E-state index in [4.69, 9.17) is 0 Å². The van der Waals surface area contributed by atoms with E-state index in [1.54, 1.807) is 4.90 Å². The van der Waals surface area contributed by atoms with Crippen LogP contribution in [0.2, 0.25) is 0 Å². The third-order valence-electron chi connectivity index (χ3n) is 5.78.